The highest BCUT2D eigenvalue weighted by atomic mass is 32.2. The second kappa shape index (κ2) is 6.45. The zero-order valence-electron chi connectivity index (χ0n) is 12.2. The molecule has 8 heteroatoms. The fourth-order valence-electron chi connectivity index (χ4n) is 2.13. The number of nitrogens with two attached hydrogens (primary N) is 1. The van der Waals surface area contributed by atoms with E-state index in [1.54, 1.807) is 0 Å². The lowest BCUT2D eigenvalue weighted by atomic mass is 10.2. The molecule has 0 unspecified atom stereocenters. The topological polar surface area (TPSA) is 107 Å². The van der Waals surface area contributed by atoms with E-state index < -0.39 is 28.0 Å². The number of nitrogens with zero attached hydrogens (tertiary/aromatic N) is 1. The van der Waals surface area contributed by atoms with Gasteiger partial charge in [-0.3, -0.25) is 4.79 Å². The van der Waals surface area contributed by atoms with Crippen molar-refractivity contribution in [2.24, 2.45) is 5.73 Å². The molecule has 0 radical (unpaired) electrons. The first-order valence-electron chi connectivity index (χ1n) is 6.93. The van der Waals surface area contributed by atoms with Gasteiger partial charge in [0, 0.05) is 13.1 Å². The zero-order valence-corrected chi connectivity index (χ0v) is 13.0. The van der Waals surface area contributed by atoms with Gasteiger partial charge in [0.05, 0.1) is 10.5 Å². The Morgan fingerprint density at radius 3 is 2.23 bits per heavy atom. The third-order valence-electron chi connectivity index (χ3n) is 3.48. The van der Waals surface area contributed by atoms with Crippen molar-refractivity contribution < 1.29 is 22.7 Å². The Kier molecular flexibility index (Phi) is 4.82. The van der Waals surface area contributed by atoms with Gasteiger partial charge in [0.25, 0.3) is 5.91 Å². The molecule has 0 aliphatic carbocycles. The van der Waals surface area contributed by atoms with E-state index in [1.165, 1.54) is 35.5 Å². The first kappa shape index (κ1) is 16.4. The van der Waals surface area contributed by atoms with Crippen LogP contribution in [0.1, 0.15) is 30.1 Å². The fourth-order valence-corrected chi connectivity index (χ4v) is 3.64. The van der Waals surface area contributed by atoms with Crippen molar-refractivity contribution in [3.63, 3.8) is 0 Å². The lowest BCUT2D eigenvalue weighted by molar-refractivity contribution is -0.125. The Labute approximate surface area is 129 Å². The highest BCUT2D eigenvalue weighted by molar-refractivity contribution is 7.89. The van der Waals surface area contributed by atoms with Crippen LogP contribution in [0.2, 0.25) is 0 Å². The Morgan fingerprint density at radius 2 is 1.73 bits per heavy atom. The van der Waals surface area contributed by atoms with Crippen molar-refractivity contribution in [3.05, 3.63) is 29.8 Å². The third-order valence-corrected chi connectivity index (χ3v) is 5.39. The standard InChI is InChI=1S/C14H18N2O5S/c1-10(13(15)17)21-14(18)11-4-6-12(7-5-11)22(19,20)16-8-2-3-9-16/h4-7,10H,2-3,8-9H2,1H3,(H2,15,17)/t10-/m0/s1. The number of amides is 1. The van der Waals surface area contributed by atoms with E-state index in [4.69, 9.17) is 10.5 Å². The molecule has 7 nitrogen and oxygen atoms in total. The molecule has 1 aliphatic rings. The molecular formula is C14H18N2O5S. The molecule has 0 aromatic heterocycles. The molecule has 0 bridgehead atoms. The largest absolute Gasteiger partial charge is 0.449 e. The summed E-state index contributed by atoms with van der Waals surface area (Å²) in [5.41, 5.74) is 5.17. The number of hydrogen-bond donors (Lipinski definition) is 1. The average molecular weight is 326 g/mol. The van der Waals surface area contributed by atoms with Gasteiger partial charge in [0.15, 0.2) is 6.10 Å². The zero-order chi connectivity index (χ0) is 16.3. The minimum atomic E-state index is -3.51. The molecule has 1 atom stereocenters. The van der Waals surface area contributed by atoms with Gasteiger partial charge < -0.3 is 10.5 Å². The van der Waals surface area contributed by atoms with E-state index in [1.807, 2.05) is 0 Å². The summed E-state index contributed by atoms with van der Waals surface area (Å²) in [6.45, 7) is 2.40. The predicted octanol–water partition coefficient (Wildman–Crippen LogP) is 0.502. The third kappa shape index (κ3) is 3.45. The molecule has 1 heterocycles. The second-order valence-corrected chi connectivity index (χ2v) is 7.02. The van der Waals surface area contributed by atoms with Crippen LogP contribution in [0.25, 0.3) is 0 Å². The van der Waals surface area contributed by atoms with Gasteiger partial charge in [-0.2, -0.15) is 4.31 Å². The van der Waals surface area contributed by atoms with E-state index in [2.05, 4.69) is 0 Å². The Hall–Kier alpha value is -1.93. The molecule has 1 amide bonds. The molecule has 1 aromatic rings. The van der Waals surface area contributed by atoms with Crippen LogP contribution in [0, 0.1) is 0 Å². The van der Waals surface area contributed by atoms with E-state index in [9.17, 15) is 18.0 Å². The quantitative estimate of drug-likeness (QED) is 0.793. The van der Waals surface area contributed by atoms with Gasteiger partial charge in [0.1, 0.15) is 0 Å². The SMILES string of the molecule is C[C@H](OC(=O)c1ccc(S(=O)(=O)N2CCCC2)cc1)C(N)=O. The van der Waals surface area contributed by atoms with Crippen LogP contribution >= 0.6 is 0 Å². The molecule has 1 aromatic carbocycles. The van der Waals surface area contributed by atoms with Crippen LogP contribution in [-0.4, -0.2) is 43.8 Å². The van der Waals surface area contributed by atoms with E-state index in [-0.39, 0.29) is 10.5 Å². The van der Waals surface area contributed by atoms with Gasteiger partial charge in [-0.15, -0.1) is 0 Å². The number of primary amides is 1. The lowest BCUT2D eigenvalue weighted by Crippen LogP contribution is -2.30. The van der Waals surface area contributed by atoms with Crippen molar-refractivity contribution in [3.8, 4) is 0 Å². The summed E-state index contributed by atoms with van der Waals surface area (Å²) >= 11 is 0. The van der Waals surface area contributed by atoms with Crippen LogP contribution in [0.15, 0.2) is 29.2 Å². The second-order valence-electron chi connectivity index (χ2n) is 5.09. The molecular weight excluding hydrogens is 308 g/mol. The van der Waals surface area contributed by atoms with Crippen molar-refractivity contribution in [2.75, 3.05) is 13.1 Å². The monoisotopic (exact) mass is 326 g/mol. The molecule has 1 saturated heterocycles. The summed E-state index contributed by atoms with van der Waals surface area (Å²) in [5.74, 6) is -1.47. The summed E-state index contributed by atoms with van der Waals surface area (Å²) in [4.78, 5) is 22.8. The molecule has 22 heavy (non-hydrogen) atoms. The average Bonchev–Trinajstić information content (AvgIpc) is 3.02. The fraction of sp³-hybridized carbons (Fsp3) is 0.429. The number of ether oxygens (including phenoxy) is 1. The summed E-state index contributed by atoms with van der Waals surface area (Å²) in [5, 5.41) is 0. The molecule has 1 aliphatic heterocycles. The molecule has 120 valence electrons. The minimum Gasteiger partial charge on any atom is -0.449 e. The number of benzene rings is 1. The Morgan fingerprint density at radius 1 is 1.18 bits per heavy atom. The smallest absolute Gasteiger partial charge is 0.338 e. The van der Waals surface area contributed by atoms with Crippen LogP contribution < -0.4 is 5.73 Å². The van der Waals surface area contributed by atoms with Gasteiger partial charge in [-0.05, 0) is 44.0 Å². The highest BCUT2D eigenvalue weighted by Crippen LogP contribution is 2.21. The van der Waals surface area contributed by atoms with Crippen LogP contribution in [0.3, 0.4) is 0 Å². The van der Waals surface area contributed by atoms with Gasteiger partial charge in [-0.1, -0.05) is 0 Å². The molecule has 2 rings (SSSR count). The molecule has 0 spiro atoms. The normalized spacial score (nSPS) is 17.1. The number of esters is 1. The van der Waals surface area contributed by atoms with Crippen LogP contribution in [0.5, 0.6) is 0 Å². The van der Waals surface area contributed by atoms with Gasteiger partial charge in [-0.25, -0.2) is 13.2 Å². The first-order chi connectivity index (χ1) is 10.3. The summed E-state index contributed by atoms with van der Waals surface area (Å²) in [6.07, 6.45) is 0.670. The Balaban J connectivity index is 2.13. The molecule has 1 fully saturated rings. The Bertz CT molecular complexity index is 663. The number of sulfonamides is 1. The highest BCUT2D eigenvalue weighted by Gasteiger charge is 2.27. The number of carbonyl (C=O) groups is 2. The van der Waals surface area contributed by atoms with E-state index in [0.29, 0.717) is 13.1 Å². The van der Waals surface area contributed by atoms with Crippen molar-refractivity contribution in [1.29, 1.82) is 0 Å². The first-order valence-corrected chi connectivity index (χ1v) is 8.37. The van der Waals surface area contributed by atoms with Gasteiger partial charge >= 0.3 is 5.97 Å². The van der Waals surface area contributed by atoms with Crippen molar-refractivity contribution in [2.45, 2.75) is 30.8 Å². The maximum atomic E-state index is 12.3. The van der Waals surface area contributed by atoms with E-state index >= 15 is 0 Å². The van der Waals surface area contributed by atoms with Crippen molar-refractivity contribution >= 4 is 21.9 Å². The van der Waals surface area contributed by atoms with Gasteiger partial charge in [0.2, 0.25) is 10.0 Å². The maximum Gasteiger partial charge on any atom is 0.338 e. The summed E-state index contributed by atoms with van der Waals surface area (Å²) in [7, 11) is -3.51. The predicted molar refractivity (Wildman–Crippen MR) is 78.5 cm³/mol. The number of hydrogen-bond acceptors (Lipinski definition) is 5. The summed E-state index contributed by atoms with van der Waals surface area (Å²) in [6, 6.07) is 5.44. The molecule has 0 saturated carbocycles. The van der Waals surface area contributed by atoms with Crippen LogP contribution in [-0.2, 0) is 19.6 Å². The summed E-state index contributed by atoms with van der Waals surface area (Å²) < 4.78 is 30.9. The minimum absolute atomic E-state index is 0.133. The lowest BCUT2D eigenvalue weighted by Gasteiger charge is -2.15. The number of carbonyl (C=O) groups excluding carboxylic acids is 2. The maximum absolute atomic E-state index is 12.3. The van der Waals surface area contributed by atoms with Crippen molar-refractivity contribution in [1.82, 2.24) is 4.31 Å². The van der Waals surface area contributed by atoms with Crippen LogP contribution in [0.4, 0.5) is 0 Å². The van der Waals surface area contributed by atoms with E-state index in [0.717, 1.165) is 12.8 Å². The number of rotatable bonds is 5. The molecule has 2 N–H and O–H groups in total.